The lowest BCUT2D eigenvalue weighted by Gasteiger charge is -2.23. The van der Waals surface area contributed by atoms with Crippen LogP contribution in [0, 0.1) is 5.92 Å². The van der Waals surface area contributed by atoms with E-state index in [2.05, 4.69) is 11.1 Å². The maximum absolute atomic E-state index is 5.90. The van der Waals surface area contributed by atoms with Gasteiger partial charge in [0.05, 0.1) is 18.9 Å². The van der Waals surface area contributed by atoms with E-state index in [0.717, 1.165) is 18.1 Å². The summed E-state index contributed by atoms with van der Waals surface area (Å²) in [5.74, 6) is 1.44. The lowest BCUT2D eigenvalue weighted by atomic mass is 9.85. The average Bonchev–Trinajstić information content (AvgIpc) is 2.67. The SMILES string of the molecule is NC1=Nc2ccccc2C2COCC12. The quantitative estimate of drug-likeness (QED) is 0.669. The van der Waals surface area contributed by atoms with E-state index in [4.69, 9.17) is 10.5 Å². The van der Waals surface area contributed by atoms with Crippen LogP contribution >= 0.6 is 0 Å². The summed E-state index contributed by atoms with van der Waals surface area (Å²) in [7, 11) is 0. The van der Waals surface area contributed by atoms with Gasteiger partial charge in [0.1, 0.15) is 5.84 Å². The first kappa shape index (κ1) is 8.00. The second-order valence-corrected chi connectivity index (χ2v) is 3.85. The van der Waals surface area contributed by atoms with E-state index in [-0.39, 0.29) is 0 Å². The second-order valence-electron chi connectivity index (χ2n) is 3.85. The zero-order valence-corrected chi connectivity index (χ0v) is 7.81. The van der Waals surface area contributed by atoms with Crippen molar-refractivity contribution in [1.82, 2.24) is 0 Å². The zero-order valence-electron chi connectivity index (χ0n) is 7.81. The number of rotatable bonds is 0. The molecule has 1 saturated heterocycles. The van der Waals surface area contributed by atoms with Crippen LogP contribution < -0.4 is 5.73 Å². The Hall–Kier alpha value is -1.35. The van der Waals surface area contributed by atoms with Crippen molar-refractivity contribution in [3.05, 3.63) is 29.8 Å². The Labute approximate surface area is 82.6 Å². The fourth-order valence-corrected chi connectivity index (χ4v) is 2.28. The molecule has 0 aromatic heterocycles. The van der Waals surface area contributed by atoms with Crippen molar-refractivity contribution in [2.75, 3.05) is 13.2 Å². The van der Waals surface area contributed by atoms with Crippen molar-refractivity contribution >= 4 is 11.5 Å². The fourth-order valence-electron chi connectivity index (χ4n) is 2.28. The number of hydrogen-bond donors (Lipinski definition) is 1. The highest BCUT2D eigenvalue weighted by Gasteiger charge is 2.36. The summed E-state index contributed by atoms with van der Waals surface area (Å²) in [6.07, 6.45) is 0. The number of hydrogen-bond acceptors (Lipinski definition) is 3. The molecule has 0 aliphatic carbocycles. The maximum atomic E-state index is 5.90. The number of nitrogens with two attached hydrogens (primary N) is 1. The molecule has 2 atom stereocenters. The maximum Gasteiger partial charge on any atom is 0.106 e. The second kappa shape index (κ2) is 2.82. The molecule has 3 nitrogen and oxygen atoms in total. The Balaban J connectivity index is 2.16. The van der Waals surface area contributed by atoms with Crippen LogP contribution in [0.5, 0.6) is 0 Å². The minimum absolute atomic E-state index is 0.296. The molecule has 0 spiro atoms. The zero-order chi connectivity index (χ0) is 9.54. The number of benzene rings is 1. The number of nitrogens with zero attached hydrogens (tertiary/aromatic N) is 1. The average molecular weight is 188 g/mol. The van der Waals surface area contributed by atoms with Crippen molar-refractivity contribution in [2.45, 2.75) is 5.92 Å². The van der Waals surface area contributed by atoms with Gasteiger partial charge in [-0.3, -0.25) is 0 Å². The Morgan fingerprint density at radius 1 is 1.21 bits per heavy atom. The largest absolute Gasteiger partial charge is 0.387 e. The van der Waals surface area contributed by atoms with E-state index in [1.54, 1.807) is 0 Å². The van der Waals surface area contributed by atoms with Gasteiger partial charge in [-0.2, -0.15) is 0 Å². The third kappa shape index (κ3) is 0.990. The topological polar surface area (TPSA) is 47.6 Å². The minimum Gasteiger partial charge on any atom is -0.387 e. The lowest BCUT2D eigenvalue weighted by molar-refractivity contribution is 0.190. The predicted molar refractivity (Wildman–Crippen MR) is 54.8 cm³/mol. The Morgan fingerprint density at radius 2 is 2.00 bits per heavy atom. The third-order valence-corrected chi connectivity index (χ3v) is 3.05. The van der Waals surface area contributed by atoms with Crippen LogP contribution in [0.3, 0.4) is 0 Å². The first-order valence-corrected chi connectivity index (χ1v) is 4.87. The molecule has 3 rings (SSSR count). The van der Waals surface area contributed by atoms with Crippen LogP contribution in [0.2, 0.25) is 0 Å². The van der Waals surface area contributed by atoms with Gasteiger partial charge < -0.3 is 10.5 Å². The molecule has 72 valence electrons. The summed E-state index contributed by atoms with van der Waals surface area (Å²) in [5.41, 5.74) is 8.20. The Morgan fingerprint density at radius 3 is 2.93 bits per heavy atom. The lowest BCUT2D eigenvalue weighted by Crippen LogP contribution is -2.30. The molecule has 0 bridgehead atoms. The first-order valence-electron chi connectivity index (χ1n) is 4.87. The molecule has 0 saturated carbocycles. The van der Waals surface area contributed by atoms with E-state index in [1.165, 1.54) is 5.56 Å². The molecular weight excluding hydrogens is 176 g/mol. The van der Waals surface area contributed by atoms with Crippen molar-refractivity contribution in [1.29, 1.82) is 0 Å². The van der Waals surface area contributed by atoms with Crippen LogP contribution in [-0.4, -0.2) is 19.0 Å². The van der Waals surface area contributed by atoms with Crippen molar-refractivity contribution in [3.63, 3.8) is 0 Å². The predicted octanol–water partition coefficient (Wildman–Crippen LogP) is 1.42. The van der Waals surface area contributed by atoms with E-state index >= 15 is 0 Å². The fraction of sp³-hybridized carbons (Fsp3) is 0.364. The number of fused-ring (bicyclic) bond motifs is 3. The van der Waals surface area contributed by atoms with E-state index in [9.17, 15) is 0 Å². The summed E-state index contributed by atoms with van der Waals surface area (Å²) < 4.78 is 5.46. The molecule has 1 aromatic carbocycles. The molecular formula is C11H12N2O. The monoisotopic (exact) mass is 188 g/mol. The van der Waals surface area contributed by atoms with Crippen molar-refractivity contribution < 1.29 is 4.74 Å². The molecule has 3 heteroatoms. The molecule has 14 heavy (non-hydrogen) atoms. The number of ether oxygens (including phenoxy) is 1. The highest BCUT2D eigenvalue weighted by Crippen LogP contribution is 2.40. The van der Waals surface area contributed by atoms with Crippen molar-refractivity contribution in [2.24, 2.45) is 16.6 Å². The van der Waals surface area contributed by atoms with E-state index in [1.807, 2.05) is 18.2 Å². The van der Waals surface area contributed by atoms with Gasteiger partial charge in [0.25, 0.3) is 0 Å². The van der Waals surface area contributed by atoms with Gasteiger partial charge >= 0.3 is 0 Å². The molecule has 2 aliphatic heterocycles. The molecule has 2 heterocycles. The van der Waals surface area contributed by atoms with Crippen LogP contribution in [0.4, 0.5) is 5.69 Å². The summed E-state index contributed by atoms with van der Waals surface area (Å²) in [6.45, 7) is 1.49. The standard InChI is InChI=1S/C11H12N2O/c12-11-9-6-14-5-8(9)7-3-1-2-4-10(7)13-11/h1-4,8-9H,5-6H2,(H2,12,13). The highest BCUT2D eigenvalue weighted by atomic mass is 16.5. The van der Waals surface area contributed by atoms with Gasteiger partial charge in [-0.15, -0.1) is 0 Å². The van der Waals surface area contributed by atoms with E-state index < -0.39 is 0 Å². The molecule has 2 N–H and O–H groups in total. The number of aliphatic imine (C=N–C) groups is 1. The van der Waals surface area contributed by atoms with Gasteiger partial charge in [0.15, 0.2) is 0 Å². The van der Waals surface area contributed by atoms with Gasteiger partial charge in [-0.05, 0) is 11.6 Å². The molecule has 0 amide bonds. The van der Waals surface area contributed by atoms with Crippen molar-refractivity contribution in [3.8, 4) is 0 Å². The third-order valence-electron chi connectivity index (χ3n) is 3.05. The van der Waals surface area contributed by atoms with Gasteiger partial charge in [0.2, 0.25) is 0 Å². The molecule has 2 aliphatic rings. The van der Waals surface area contributed by atoms with Gasteiger partial charge in [0, 0.05) is 11.8 Å². The smallest absolute Gasteiger partial charge is 0.106 e. The van der Waals surface area contributed by atoms with Gasteiger partial charge in [-0.1, -0.05) is 18.2 Å². The normalized spacial score (nSPS) is 29.3. The first-order chi connectivity index (χ1) is 6.86. The summed E-state index contributed by atoms with van der Waals surface area (Å²) >= 11 is 0. The van der Waals surface area contributed by atoms with Crippen LogP contribution in [-0.2, 0) is 4.74 Å². The Bertz CT molecular complexity index is 400. The minimum atomic E-state index is 0.296. The summed E-state index contributed by atoms with van der Waals surface area (Å²) in [4.78, 5) is 4.40. The summed E-state index contributed by atoms with van der Waals surface area (Å²) in [6, 6.07) is 8.17. The number of amidine groups is 1. The molecule has 2 unspecified atom stereocenters. The molecule has 1 aromatic rings. The molecule has 0 radical (unpaired) electrons. The van der Waals surface area contributed by atoms with Gasteiger partial charge in [-0.25, -0.2) is 4.99 Å². The van der Waals surface area contributed by atoms with Crippen LogP contribution in [0.15, 0.2) is 29.3 Å². The molecule has 1 fully saturated rings. The van der Waals surface area contributed by atoms with Crippen LogP contribution in [0.25, 0.3) is 0 Å². The highest BCUT2D eigenvalue weighted by molar-refractivity contribution is 5.89. The number of para-hydroxylation sites is 1. The van der Waals surface area contributed by atoms with Crippen LogP contribution in [0.1, 0.15) is 11.5 Å². The summed E-state index contributed by atoms with van der Waals surface area (Å²) in [5, 5.41) is 0. The Kier molecular flexibility index (Phi) is 1.61. The van der Waals surface area contributed by atoms with E-state index in [0.29, 0.717) is 18.4 Å².